The van der Waals surface area contributed by atoms with E-state index in [4.69, 9.17) is 0 Å². The van der Waals surface area contributed by atoms with E-state index in [0.717, 1.165) is 23.6 Å². The summed E-state index contributed by atoms with van der Waals surface area (Å²) in [7, 11) is 0. The zero-order chi connectivity index (χ0) is 14.7. The van der Waals surface area contributed by atoms with Crippen LogP contribution in [0.4, 0.5) is 0 Å². The first-order valence-corrected chi connectivity index (χ1v) is 9.14. The molecule has 0 amide bonds. The van der Waals surface area contributed by atoms with Gasteiger partial charge >= 0.3 is 0 Å². The highest BCUT2D eigenvalue weighted by Crippen LogP contribution is 2.35. The van der Waals surface area contributed by atoms with Gasteiger partial charge in [0.2, 0.25) is 0 Å². The third kappa shape index (κ3) is 3.01. The van der Waals surface area contributed by atoms with E-state index in [1.165, 1.54) is 0 Å². The van der Waals surface area contributed by atoms with Crippen molar-refractivity contribution in [3.05, 3.63) is 42.2 Å². The van der Waals surface area contributed by atoms with Crippen LogP contribution < -0.4 is 0 Å². The summed E-state index contributed by atoms with van der Waals surface area (Å²) in [5.41, 5.74) is 1.46. The lowest BCUT2D eigenvalue weighted by Gasteiger charge is -2.28. The van der Waals surface area contributed by atoms with E-state index in [1.807, 2.05) is 42.1 Å². The Labute approximate surface area is 132 Å². The second-order valence-electron chi connectivity index (χ2n) is 4.84. The number of nitrogens with zero attached hydrogens (tertiary/aromatic N) is 3. The molecule has 4 nitrogen and oxygen atoms in total. The smallest absolute Gasteiger partial charge is 0.197 e. The van der Waals surface area contributed by atoms with Crippen LogP contribution in [0.3, 0.4) is 0 Å². The third-order valence-electron chi connectivity index (χ3n) is 3.51. The number of thioether (sulfide) groups is 2. The quantitative estimate of drug-likeness (QED) is 0.811. The third-order valence-corrected chi connectivity index (χ3v) is 6.76. The summed E-state index contributed by atoms with van der Waals surface area (Å²) in [5.74, 6) is 2.31. The van der Waals surface area contributed by atoms with Gasteiger partial charge in [0, 0.05) is 16.8 Å². The van der Waals surface area contributed by atoms with Crippen molar-refractivity contribution in [1.82, 2.24) is 15.0 Å². The molecular weight excluding hydrogens is 302 g/mol. The summed E-state index contributed by atoms with van der Waals surface area (Å²) in [6, 6.07) is 9.69. The zero-order valence-electron chi connectivity index (χ0n) is 11.8. The van der Waals surface area contributed by atoms with Crippen LogP contribution in [0.5, 0.6) is 0 Å². The first-order valence-electron chi connectivity index (χ1n) is 7.05. The van der Waals surface area contributed by atoms with Gasteiger partial charge in [-0.2, -0.15) is 11.8 Å². The van der Waals surface area contributed by atoms with Crippen molar-refractivity contribution < 1.29 is 4.79 Å². The highest BCUT2D eigenvalue weighted by atomic mass is 32.2. The van der Waals surface area contributed by atoms with Crippen molar-refractivity contribution >= 4 is 29.3 Å². The lowest BCUT2D eigenvalue weighted by atomic mass is 10.1. The maximum atomic E-state index is 12.9. The summed E-state index contributed by atoms with van der Waals surface area (Å²) in [6.45, 7) is 2.15. The molecule has 1 aromatic carbocycles. The Balaban J connectivity index is 1.90. The standard InChI is InChI=1S/C15H17N3OS2/c1-2-13-15(21-9-8-20-13)14(19)12-10-16-17-18(12)11-6-4-3-5-7-11/h3-7,10,13,15H,2,8-9H2,1H3. The van der Waals surface area contributed by atoms with Gasteiger partial charge in [0.05, 0.1) is 17.1 Å². The van der Waals surface area contributed by atoms with E-state index < -0.39 is 0 Å². The molecule has 0 aliphatic carbocycles. The number of rotatable bonds is 4. The van der Waals surface area contributed by atoms with Gasteiger partial charge in [-0.25, -0.2) is 4.68 Å². The molecule has 2 atom stereocenters. The minimum atomic E-state index is 0.00899. The average molecular weight is 319 g/mol. The van der Waals surface area contributed by atoms with Crippen molar-refractivity contribution in [2.75, 3.05) is 11.5 Å². The first-order chi connectivity index (χ1) is 10.3. The highest BCUT2D eigenvalue weighted by Gasteiger charge is 2.33. The Morgan fingerprint density at radius 3 is 2.81 bits per heavy atom. The number of carbonyl (C=O) groups is 1. The van der Waals surface area contributed by atoms with Gasteiger partial charge < -0.3 is 0 Å². The van der Waals surface area contributed by atoms with Crippen molar-refractivity contribution in [2.45, 2.75) is 23.8 Å². The molecule has 1 aromatic heterocycles. The molecule has 0 radical (unpaired) electrons. The fourth-order valence-electron chi connectivity index (χ4n) is 2.45. The van der Waals surface area contributed by atoms with Crippen LogP contribution in [0.2, 0.25) is 0 Å². The van der Waals surface area contributed by atoms with Crippen molar-refractivity contribution in [3.63, 3.8) is 0 Å². The van der Waals surface area contributed by atoms with Gasteiger partial charge in [-0.05, 0) is 18.6 Å². The molecule has 2 aromatic rings. The van der Waals surface area contributed by atoms with Gasteiger partial charge in [-0.3, -0.25) is 4.79 Å². The monoisotopic (exact) mass is 319 g/mol. The van der Waals surface area contributed by atoms with Crippen LogP contribution in [-0.2, 0) is 0 Å². The molecule has 0 spiro atoms. The van der Waals surface area contributed by atoms with Crippen LogP contribution >= 0.6 is 23.5 Å². The largest absolute Gasteiger partial charge is 0.291 e. The Morgan fingerprint density at radius 2 is 2.05 bits per heavy atom. The Kier molecular flexibility index (Phi) is 4.65. The topological polar surface area (TPSA) is 47.8 Å². The van der Waals surface area contributed by atoms with Crippen LogP contribution in [-0.4, -0.2) is 42.8 Å². The average Bonchev–Trinajstić information content (AvgIpc) is 3.04. The van der Waals surface area contributed by atoms with Crippen molar-refractivity contribution in [2.24, 2.45) is 0 Å². The van der Waals surface area contributed by atoms with E-state index in [0.29, 0.717) is 10.9 Å². The molecule has 2 unspecified atom stereocenters. The number of hydrogen-bond donors (Lipinski definition) is 0. The van der Waals surface area contributed by atoms with Crippen LogP contribution in [0.1, 0.15) is 23.8 Å². The number of aromatic nitrogens is 3. The number of para-hydroxylation sites is 1. The number of benzene rings is 1. The Morgan fingerprint density at radius 1 is 1.29 bits per heavy atom. The van der Waals surface area contributed by atoms with Gasteiger partial charge in [0.1, 0.15) is 5.69 Å². The van der Waals surface area contributed by atoms with Gasteiger partial charge in [0.15, 0.2) is 5.78 Å². The van der Waals surface area contributed by atoms with E-state index in [2.05, 4.69) is 17.2 Å². The summed E-state index contributed by atoms with van der Waals surface area (Å²) in [6.07, 6.45) is 2.60. The number of hydrogen-bond acceptors (Lipinski definition) is 5. The predicted octanol–water partition coefficient (Wildman–Crippen LogP) is 3.08. The minimum absolute atomic E-state index is 0.00899. The molecule has 1 fully saturated rings. The molecule has 2 heterocycles. The highest BCUT2D eigenvalue weighted by molar-refractivity contribution is 8.07. The van der Waals surface area contributed by atoms with E-state index in [1.54, 1.807) is 22.6 Å². The van der Waals surface area contributed by atoms with Crippen LogP contribution in [0, 0.1) is 0 Å². The maximum Gasteiger partial charge on any atom is 0.197 e. The van der Waals surface area contributed by atoms with Gasteiger partial charge in [-0.15, -0.1) is 16.9 Å². The maximum absolute atomic E-state index is 12.9. The van der Waals surface area contributed by atoms with E-state index >= 15 is 0 Å². The molecular formula is C15H17N3OS2. The fraction of sp³-hybridized carbons (Fsp3) is 0.400. The van der Waals surface area contributed by atoms with Gasteiger partial charge in [-0.1, -0.05) is 30.3 Å². The van der Waals surface area contributed by atoms with Crippen LogP contribution in [0.15, 0.2) is 36.5 Å². The summed E-state index contributed by atoms with van der Waals surface area (Å²) < 4.78 is 1.65. The lowest BCUT2D eigenvalue weighted by molar-refractivity contribution is 0.0980. The zero-order valence-corrected chi connectivity index (χ0v) is 13.4. The molecule has 6 heteroatoms. The molecule has 1 saturated heterocycles. The van der Waals surface area contributed by atoms with E-state index in [9.17, 15) is 4.79 Å². The lowest BCUT2D eigenvalue weighted by Crippen LogP contribution is -2.33. The van der Waals surface area contributed by atoms with Crippen LogP contribution in [0.25, 0.3) is 5.69 Å². The summed E-state index contributed by atoms with van der Waals surface area (Å²) in [5, 5.41) is 8.42. The Hall–Kier alpha value is -1.27. The normalized spacial score (nSPS) is 22.1. The number of Topliss-reactive ketones (excluding diaryl/α,β-unsaturated/α-hetero) is 1. The predicted molar refractivity (Wildman–Crippen MR) is 88.5 cm³/mol. The second-order valence-corrected chi connectivity index (χ2v) is 7.44. The fourth-order valence-corrected chi connectivity index (χ4v) is 5.47. The second kappa shape index (κ2) is 6.66. The molecule has 1 aliphatic rings. The molecule has 21 heavy (non-hydrogen) atoms. The SMILES string of the molecule is CCC1SCCSC1C(=O)c1cnnn1-c1ccccc1. The molecule has 0 N–H and O–H groups in total. The first kappa shape index (κ1) is 14.7. The summed E-state index contributed by atoms with van der Waals surface area (Å²) in [4.78, 5) is 12.9. The Bertz CT molecular complexity index is 614. The van der Waals surface area contributed by atoms with Crippen molar-refractivity contribution in [1.29, 1.82) is 0 Å². The molecule has 1 aliphatic heterocycles. The molecule has 110 valence electrons. The molecule has 3 rings (SSSR count). The van der Waals surface area contributed by atoms with Gasteiger partial charge in [0.25, 0.3) is 0 Å². The molecule has 0 bridgehead atoms. The molecule has 0 saturated carbocycles. The van der Waals surface area contributed by atoms with Crippen molar-refractivity contribution in [3.8, 4) is 5.69 Å². The minimum Gasteiger partial charge on any atom is -0.291 e. The number of ketones is 1. The summed E-state index contributed by atoms with van der Waals surface area (Å²) >= 11 is 3.67. The number of carbonyl (C=O) groups excluding carboxylic acids is 1. The van der Waals surface area contributed by atoms with E-state index in [-0.39, 0.29) is 11.0 Å².